The van der Waals surface area contributed by atoms with Crippen LogP contribution in [-0.4, -0.2) is 47.2 Å². The summed E-state index contributed by atoms with van der Waals surface area (Å²) in [5, 5.41) is 0.609. The molecule has 8 heteroatoms. The molecule has 0 fully saturated rings. The lowest BCUT2D eigenvalue weighted by molar-refractivity contribution is 0.220. The van der Waals surface area contributed by atoms with Crippen LogP contribution in [0.3, 0.4) is 0 Å². The van der Waals surface area contributed by atoms with E-state index in [9.17, 15) is 8.42 Å². The molecule has 0 aliphatic rings. The van der Waals surface area contributed by atoms with E-state index >= 15 is 0 Å². The number of rotatable bonds is 10. The molecule has 0 saturated carbocycles. The molecule has 2 aromatic rings. The molecule has 0 heterocycles. The maximum absolute atomic E-state index is 13.0. The molecule has 0 aliphatic heterocycles. The maximum atomic E-state index is 13.0. The maximum Gasteiger partial charge on any atom is 0.244 e. The Kier molecular flexibility index (Phi) is 8.12. The van der Waals surface area contributed by atoms with E-state index in [4.69, 9.17) is 21.1 Å². The summed E-state index contributed by atoms with van der Waals surface area (Å²) in [6.07, 6.45) is 0. The van der Waals surface area contributed by atoms with E-state index in [2.05, 4.69) is 9.62 Å². The van der Waals surface area contributed by atoms with E-state index < -0.39 is 10.0 Å². The first-order valence-electron chi connectivity index (χ1n) is 9.08. The van der Waals surface area contributed by atoms with Crippen molar-refractivity contribution >= 4 is 21.6 Å². The summed E-state index contributed by atoms with van der Waals surface area (Å²) in [4.78, 5) is 2.19. The van der Waals surface area contributed by atoms with Crippen molar-refractivity contribution in [3.05, 3.63) is 53.1 Å². The second kappa shape index (κ2) is 10.1. The average molecular weight is 427 g/mol. The molecular weight excluding hydrogens is 400 g/mol. The Morgan fingerprint density at radius 3 is 2.32 bits per heavy atom. The average Bonchev–Trinajstić information content (AvgIpc) is 2.71. The lowest BCUT2D eigenvalue weighted by Crippen LogP contribution is -2.38. The van der Waals surface area contributed by atoms with Gasteiger partial charge in [0.15, 0.2) is 0 Å². The molecule has 0 aromatic heterocycles. The van der Waals surface area contributed by atoms with Crippen LogP contribution in [-0.2, 0) is 10.0 Å². The Hall–Kier alpha value is -1.80. The number of nitrogens with one attached hydrogen (secondary N) is 1. The minimum atomic E-state index is -3.83. The molecule has 0 spiro atoms. The van der Waals surface area contributed by atoms with Crippen LogP contribution in [0.1, 0.15) is 25.5 Å². The quantitative estimate of drug-likeness (QED) is 0.627. The summed E-state index contributed by atoms with van der Waals surface area (Å²) in [5.41, 5.74) is 0.883. The second-order valence-electron chi connectivity index (χ2n) is 6.13. The fourth-order valence-corrected chi connectivity index (χ4v) is 4.59. The van der Waals surface area contributed by atoms with Gasteiger partial charge in [0.05, 0.1) is 14.2 Å². The van der Waals surface area contributed by atoms with Crippen LogP contribution in [0.15, 0.2) is 47.4 Å². The Balaban J connectivity index is 2.35. The van der Waals surface area contributed by atoms with Gasteiger partial charge in [0.1, 0.15) is 16.4 Å². The number of ether oxygens (including phenoxy) is 2. The van der Waals surface area contributed by atoms with E-state index in [1.54, 1.807) is 12.1 Å². The zero-order valence-electron chi connectivity index (χ0n) is 16.6. The van der Waals surface area contributed by atoms with Crippen molar-refractivity contribution in [3.63, 3.8) is 0 Å². The molecule has 0 saturated heterocycles. The first kappa shape index (κ1) is 22.5. The standard InChI is InChI=1S/C20H27ClN2O4S/c1-5-23(6-2)18(16-9-7-8-10-17(16)21)14-22-28(24,25)20-13-15(26-3)11-12-19(20)27-4/h7-13,18,22H,5-6,14H2,1-4H3. The smallest absolute Gasteiger partial charge is 0.244 e. The van der Waals surface area contributed by atoms with Gasteiger partial charge in [-0.05, 0) is 36.9 Å². The van der Waals surface area contributed by atoms with Crippen LogP contribution in [0.2, 0.25) is 5.02 Å². The minimum Gasteiger partial charge on any atom is -0.497 e. The molecule has 1 unspecified atom stereocenters. The molecule has 0 aliphatic carbocycles. The Morgan fingerprint density at radius 2 is 1.75 bits per heavy atom. The normalized spacial score (nSPS) is 12.8. The van der Waals surface area contributed by atoms with Crippen molar-refractivity contribution in [1.82, 2.24) is 9.62 Å². The summed E-state index contributed by atoms with van der Waals surface area (Å²) in [6, 6.07) is 12.0. The second-order valence-corrected chi connectivity index (χ2v) is 8.27. The summed E-state index contributed by atoms with van der Waals surface area (Å²) in [5.74, 6) is 0.693. The third-order valence-corrected chi connectivity index (χ3v) is 6.43. The number of likely N-dealkylation sites (N-methyl/N-ethyl adjacent to an activating group) is 1. The van der Waals surface area contributed by atoms with Gasteiger partial charge in [-0.15, -0.1) is 0 Å². The number of sulfonamides is 1. The number of hydrogen-bond donors (Lipinski definition) is 1. The van der Waals surface area contributed by atoms with Crippen LogP contribution in [0, 0.1) is 0 Å². The molecule has 28 heavy (non-hydrogen) atoms. The van der Waals surface area contributed by atoms with Gasteiger partial charge in [0.25, 0.3) is 0 Å². The number of methoxy groups -OCH3 is 2. The highest BCUT2D eigenvalue weighted by Gasteiger charge is 2.25. The van der Waals surface area contributed by atoms with Gasteiger partial charge in [-0.25, -0.2) is 13.1 Å². The first-order valence-corrected chi connectivity index (χ1v) is 10.9. The summed E-state index contributed by atoms with van der Waals surface area (Å²) in [7, 11) is -0.907. The van der Waals surface area contributed by atoms with Gasteiger partial charge in [0, 0.05) is 23.7 Å². The van der Waals surface area contributed by atoms with Gasteiger partial charge < -0.3 is 9.47 Å². The Morgan fingerprint density at radius 1 is 1.07 bits per heavy atom. The summed E-state index contributed by atoms with van der Waals surface area (Å²) < 4.78 is 39.1. The zero-order chi connectivity index (χ0) is 20.7. The molecule has 2 aromatic carbocycles. The van der Waals surface area contributed by atoms with Crippen molar-refractivity contribution in [1.29, 1.82) is 0 Å². The van der Waals surface area contributed by atoms with E-state index in [0.717, 1.165) is 18.7 Å². The monoisotopic (exact) mass is 426 g/mol. The van der Waals surface area contributed by atoms with Crippen molar-refractivity contribution in [3.8, 4) is 11.5 Å². The fourth-order valence-electron chi connectivity index (χ4n) is 3.11. The third kappa shape index (κ3) is 5.17. The highest BCUT2D eigenvalue weighted by Crippen LogP contribution is 2.30. The molecule has 1 N–H and O–H groups in total. The predicted octanol–water partition coefficient (Wildman–Crippen LogP) is 3.72. The van der Waals surface area contributed by atoms with Crippen molar-refractivity contribution in [2.45, 2.75) is 24.8 Å². The van der Waals surface area contributed by atoms with Gasteiger partial charge in [0.2, 0.25) is 10.0 Å². The third-order valence-electron chi connectivity index (χ3n) is 4.64. The molecule has 0 bridgehead atoms. The SMILES string of the molecule is CCN(CC)C(CNS(=O)(=O)c1cc(OC)ccc1OC)c1ccccc1Cl. The molecule has 1 atom stereocenters. The van der Waals surface area contributed by atoms with E-state index in [-0.39, 0.29) is 23.2 Å². The molecular formula is C20H27ClN2O4S. The van der Waals surface area contributed by atoms with Crippen molar-refractivity contribution in [2.24, 2.45) is 0 Å². The topological polar surface area (TPSA) is 67.9 Å². The van der Waals surface area contributed by atoms with Crippen LogP contribution >= 0.6 is 11.6 Å². The van der Waals surface area contributed by atoms with Gasteiger partial charge in [-0.3, -0.25) is 4.90 Å². The first-order chi connectivity index (χ1) is 13.4. The van der Waals surface area contributed by atoms with Gasteiger partial charge in [-0.2, -0.15) is 0 Å². The largest absolute Gasteiger partial charge is 0.497 e. The van der Waals surface area contributed by atoms with E-state index in [0.29, 0.717) is 10.8 Å². The molecule has 154 valence electrons. The van der Waals surface area contributed by atoms with Crippen LogP contribution in [0.25, 0.3) is 0 Å². The van der Waals surface area contributed by atoms with Gasteiger partial charge in [-0.1, -0.05) is 43.6 Å². The molecule has 6 nitrogen and oxygen atoms in total. The number of halogens is 1. The highest BCUT2D eigenvalue weighted by molar-refractivity contribution is 7.89. The lowest BCUT2D eigenvalue weighted by atomic mass is 10.1. The van der Waals surface area contributed by atoms with Gasteiger partial charge >= 0.3 is 0 Å². The Bertz CT molecular complexity index is 886. The fraction of sp³-hybridized carbons (Fsp3) is 0.400. The number of benzene rings is 2. The van der Waals surface area contributed by atoms with E-state index in [1.807, 2.05) is 38.1 Å². The highest BCUT2D eigenvalue weighted by atomic mass is 35.5. The lowest BCUT2D eigenvalue weighted by Gasteiger charge is -2.31. The number of nitrogens with zero attached hydrogens (tertiary/aromatic N) is 1. The van der Waals surface area contributed by atoms with Crippen molar-refractivity contribution in [2.75, 3.05) is 33.9 Å². The van der Waals surface area contributed by atoms with Crippen molar-refractivity contribution < 1.29 is 17.9 Å². The zero-order valence-corrected chi connectivity index (χ0v) is 18.2. The number of hydrogen-bond acceptors (Lipinski definition) is 5. The molecule has 0 amide bonds. The minimum absolute atomic E-state index is 0.0341. The molecule has 2 rings (SSSR count). The van der Waals surface area contributed by atoms with Crippen LogP contribution in [0.5, 0.6) is 11.5 Å². The Labute approximate surface area is 172 Å². The molecule has 0 radical (unpaired) electrons. The van der Waals surface area contributed by atoms with Crippen LogP contribution < -0.4 is 14.2 Å². The van der Waals surface area contributed by atoms with Crippen LogP contribution in [0.4, 0.5) is 0 Å². The summed E-state index contributed by atoms with van der Waals surface area (Å²) >= 11 is 6.39. The predicted molar refractivity (Wildman–Crippen MR) is 112 cm³/mol. The van der Waals surface area contributed by atoms with E-state index in [1.165, 1.54) is 20.3 Å². The summed E-state index contributed by atoms with van der Waals surface area (Å²) in [6.45, 7) is 5.77.